The molecular weight excluding hydrogens is 218 g/mol. The molecule has 0 saturated heterocycles. The van der Waals surface area contributed by atoms with Gasteiger partial charge in [-0.3, -0.25) is 0 Å². The maximum absolute atomic E-state index is 5.43. The molecule has 5 nitrogen and oxygen atoms in total. The Labute approximate surface area is 99.6 Å². The van der Waals surface area contributed by atoms with Crippen molar-refractivity contribution in [1.82, 2.24) is 10.1 Å². The van der Waals surface area contributed by atoms with Gasteiger partial charge in [-0.05, 0) is 37.2 Å². The Balaban J connectivity index is 2.12. The van der Waals surface area contributed by atoms with Crippen LogP contribution in [0, 0.1) is 0 Å². The molecule has 0 spiro atoms. The summed E-state index contributed by atoms with van der Waals surface area (Å²) in [5, 5.41) is 3.90. The molecule has 17 heavy (non-hydrogen) atoms. The molecule has 1 aromatic carbocycles. The van der Waals surface area contributed by atoms with Crippen molar-refractivity contribution in [3.8, 4) is 17.2 Å². The van der Waals surface area contributed by atoms with Crippen LogP contribution in [0.15, 0.2) is 28.8 Å². The summed E-state index contributed by atoms with van der Waals surface area (Å²) in [6, 6.07) is 7.50. The van der Waals surface area contributed by atoms with Gasteiger partial charge in [0.1, 0.15) is 5.75 Å². The van der Waals surface area contributed by atoms with Gasteiger partial charge in [0.2, 0.25) is 0 Å². The molecular formula is C12H15N3O2. The standard InChI is InChI=1S/C12H15N3O2/c1-16-10-6-4-9(5-7-10)12-14-11(15-17-12)3-2-8-13/h4-7H,2-3,8,13H2,1H3. The molecule has 2 aromatic rings. The smallest absolute Gasteiger partial charge is 0.257 e. The summed E-state index contributed by atoms with van der Waals surface area (Å²) in [7, 11) is 1.63. The summed E-state index contributed by atoms with van der Waals surface area (Å²) in [6.45, 7) is 0.631. The molecule has 0 fully saturated rings. The second-order valence-electron chi connectivity index (χ2n) is 3.64. The van der Waals surface area contributed by atoms with Crippen LogP contribution < -0.4 is 10.5 Å². The van der Waals surface area contributed by atoms with Crippen molar-refractivity contribution in [2.24, 2.45) is 5.73 Å². The van der Waals surface area contributed by atoms with Crippen LogP contribution in [0.25, 0.3) is 11.5 Å². The zero-order valence-corrected chi connectivity index (χ0v) is 9.72. The predicted octanol–water partition coefficient (Wildman–Crippen LogP) is 1.64. The molecule has 0 aliphatic rings. The van der Waals surface area contributed by atoms with Crippen LogP contribution in [-0.4, -0.2) is 23.8 Å². The Bertz CT molecular complexity index is 465. The first-order valence-corrected chi connectivity index (χ1v) is 5.50. The maximum Gasteiger partial charge on any atom is 0.257 e. The van der Waals surface area contributed by atoms with E-state index < -0.39 is 0 Å². The lowest BCUT2D eigenvalue weighted by molar-refractivity contribution is 0.414. The summed E-state index contributed by atoms with van der Waals surface area (Å²) in [6.07, 6.45) is 1.61. The number of nitrogens with two attached hydrogens (primary N) is 1. The van der Waals surface area contributed by atoms with Crippen molar-refractivity contribution in [1.29, 1.82) is 0 Å². The summed E-state index contributed by atoms with van der Waals surface area (Å²) in [5.74, 6) is 2.03. The van der Waals surface area contributed by atoms with E-state index in [-0.39, 0.29) is 0 Å². The van der Waals surface area contributed by atoms with Gasteiger partial charge in [-0.2, -0.15) is 4.98 Å². The highest BCUT2D eigenvalue weighted by Crippen LogP contribution is 2.20. The third-order valence-corrected chi connectivity index (χ3v) is 2.41. The van der Waals surface area contributed by atoms with Crippen molar-refractivity contribution >= 4 is 0 Å². The molecule has 0 atom stereocenters. The Morgan fingerprint density at radius 1 is 1.29 bits per heavy atom. The highest BCUT2D eigenvalue weighted by atomic mass is 16.5. The molecule has 0 unspecified atom stereocenters. The average molecular weight is 233 g/mol. The number of hydrogen-bond acceptors (Lipinski definition) is 5. The predicted molar refractivity (Wildman–Crippen MR) is 63.7 cm³/mol. The Kier molecular flexibility index (Phi) is 3.72. The van der Waals surface area contributed by atoms with E-state index in [9.17, 15) is 0 Å². The molecule has 90 valence electrons. The van der Waals surface area contributed by atoms with Crippen LogP contribution in [-0.2, 0) is 6.42 Å². The van der Waals surface area contributed by atoms with Crippen molar-refractivity contribution in [2.45, 2.75) is 12.8 Å². The number of nitrogens with zero attached hydrogens (tertiary/aromatic N) is 2. The Hall–Kier alpha value is -1.88. The molecule has 0 saturated carbocycles. The van der Waals surface area contributed by atoms with Crippen molar-refractivity contribution < 1.29 is 9.26 Å². The topological polar surface area (TPSA) is 74.2 Å². The highest BCUT2D eigenvalue weighted by Gasteiger charge is 2.08. The molecule has 2 rings (SSSR count). The number of hydrogen-bond donors (Lipinski definition) is 1. The zero-order chi connectivity index (χ0) is 12.1. The molecule has 1 heterocycles. The van der Waals surface area contributed by atoms with Crippen LogP contribution >= 0.6 is 0 Å². The molecule has 2 N–H and O–H groups in total. The highest BCUT2D eigenvalue weighted by molar-refractivity contribution is 5.54. The van der Waals surface area contributed by atoms with Crippen molar-refractivity contribution in [3.05, 3.63) is 30.1 Å². The lowest BCUT2D eigenvalue weighted by Crippen LogP contribution is -2.01. The normalized spacial score (nSPS) is 10.5. The third-order valence-electron chi connectivity index (χ3n) is 2.41. The van der Waals surface area contributed by atoms with Crippen LogP contribution in [0.1, 0.15) is 12.2 Å². The first-order chi connectivity index (χ1) is 8.33. The second-order valence-corrected chi connectivity index (χ2v) is 3.64. The number of benzene rings is 1. The van der Waals surface area contributed by atoms with Gasteiger partial charge >= 0.3 is 0 Å². The first kappa shape index (κ1) is 11.6. The first-order valence-electron chi connectivity index (χ1n) is 5.50. The lowest BCUT2D eigenvalue weighted by atomic mass is 10.2. The zero-order valence-electron chi connectivity index (χ0n) is 9.72. The van der Waals surface area contributed by atoms with Crippen molar-refractivity contribution in [3.63, 3.8) is 0 Å². The van der Waals surface area contributed by atoms with Crippen LogP contribution in [0.5, 0.6) is 5.75 Å². The van der Waals surface area contributed by atoms with Crippen LogP contribution in [0.4, 0.5) is 0 Å². The van der Waals surface area contributed by atoms with E-state index >= 15 is 0 Å². The molecule has 1 aromatic heterocycles. The van der Waals surface area contributed by atoms with E-state index in [0.29, 0.717) is 18.3 Å². The molecule has 0 bridgehead atoms. The lowest BCUT2D eigenvalue weighted by Gasteiger charge is -1.98. The fourth-order valence-electron chi connectivity index (χ4n) is 1.47. The summed E-state index contributed by atoms with van der Waals surface area (Å²) in [4.78, 5) is 4.30. The quantitative estimate of drug-likeness (QED) is 0.849. The molecule has 0 aliphatic carbocycles. The maximum atomic E-state index is 5.43. The minimum atomic E-state index is 0.527. The Morgan fingerprint density at radius 3 is 2.71 bits per heavy atom. The minimum Gasteiger partial charge on any atom is -0.497 e. The van der Waals surface area contributed by atoms with Gasteiger partial charge in [0.05, 0.1) is 7.11 Å². The summed E-state index contributed by atoms with van der Waals surface area (Å²) >= 11 is 0. The number of aryl methyl sites for hydroxylation is 1. The van der Waals surface area contributed by atoms with Gasteiger partial charge in [-0.15, -0.1) is 0 Å². The second kappa shape index (κ2) is 5.45. The van der Waals surface area contributed by atoms with Crippen molar-refractivity contribution in [2.75, 3.05) is 13.7 Å². The van der Waals surface area contributed by atoms with Gasteiger partial charge in [-0.1, -0.05) is 5.16 Å². The monoisotopic (exact) mass is 233 g/mol. The molecule has 0 aliphatic heterocycles. The Morgan fingerprint density at radius 2 is 2.06 bits per heavy atom. The SMILES string of the molecule is COc1ccc(-c2nc(CCCN)no2)cc1. The number of methoxy groups -OCH3 is 1. The number of rotatable bonds is 5. The van der Waals surface area contributed by atoms with Crippen LogP contribution in [0.3, 0.4) is 0 Å². The molecule has 5 heteroatoms. The van der Waals surface area contributed by atoms with Gasteiger partial charge < -0.3 is 15.0 Å². The molecule has 0 amide bonds. The third kappa shape index (κ3) is 2.82. The van der Waals surface area contributed by atoms with Gasteiger partial charge in [0.25, 0.3) is 5.89 Å². The average Bonchev–Trinajstić information content (AvgIpc) is 2.85. The fourth-order valence-corrected chi connectivity index (χ4v) is 1.47. The van der Waals surface area contributed by atoms with Gasteiger partial charge in [0.15, 0.2) is 5.82 Å². The van der Waals surface area contributed by atoms with Gasteiger partial charge in [-0.25, -0.2) is 0 Å². The largest absolute Gasteiger partial charge is 0.497 e. The van der Waals surface area contributed by atoms with Crippen LogP contribution in [0.2, 0.25) is 0 Å². The summed E-state index contributed by atoms with van der Waals surface area (Å²) in [5.41, 5.74) is 6.31. The minimum absolute atomic E-state index is 0.527. The van der Waals surface area contributed by atoms with E-state index in [2.05, 4.69) is 10.1 Å². The van der Waals surface area contributed by atoms with E-state index in [0.717, 1.165) is 24.2 Å². The number of aromatic nitrogens is 2. The van der Waals surface area contributed by atoms with E-state index in [1.165, 1.54) is 0 Å². The van der Waals surface area contributed by atoms with Gasteiger partial charge in [0, 0.05) is 12.0 Å². The van der Waals surface area contributed by atoms with E-state index in [4.69, 9.17) is 15.0 Å². The summed E-state index contributed by atoms with van der Waals surface area (Å²) < 4.78 is 10.3. The number of ether oxygens (including phenoxy) is 1. The molecule has 0 radical (unpaired) electrons. The fraction of sp³-hybridized carbons (Fsp3) is 0.333. The van der Waals surface area contributed by atoms with E-state index in [1.54, 1.807) is 7.11 Å². The van der Waals surface area contributed by atoms with E-state index in [1.807, 2.05) is 24.3 Å².